The summed E-state index contributed by atoms with van der Waals surface area (Å²) in [5.74, 6) is -10.5. The van der Waals surface area contributed by atoms with Gasteiger partial charge < -0.3 is 49.3 Å². The van der Waals surface area contributed by atoms with Crippen LogP contribution in [0.3, 0.4) is 0 Å². The van der Waals surface area contributed by atoms with E-state index in [1.807, 2.05) is 47.6 Å². The summed E-state index contributed by atoms with van der Waals surface area (Å²) in [6.07, 6.45) is 7.89. The lowest BCUT2D eigenvalue weighted by atomic mass is 9.85. The number of unbranched alkanes of at least 4 members (excludes halogenated alkanes) is 6. The van der Waals surface area contributed by atoms with Gasteiger partial charge in [-0.05, 0) is 93.8 Å². The van der Waals surface area contributed by atoms with Gasteiger partial charge in [-0.25, -0.2) is 0 Å². The standard InChI is InChI=1S/C62H106N8O11/c1-10-12-13-14-15-16-20-23-48(72)33-44(24-27-63)60(79)70-57(42(9)11-2)56(76)34-45(25-28-64)59(78)68-52(32-43-21-18-17-19-22-43)53(73)35-46(30-39(3)4)61(80)67-50(26-29-65)55(75)37-49(41(7)8)62(81)69-51(31-40(5)6)54(74)36-47(38-71)58(66)77/h17-19,21-22,39-42,44-47,49-52,57,71H,10-16,20,23-38,63-65H2,1-9H3,(H2,66,77)(H,67,80)(H,68,78)(H,69,81)(H,70,79)/t42-,44+,45+,46+,47-,49+,50-,51-,52+,57-/m0/s1. The number of ketones is 5. The largest absolute Gasteiger partial charge is 0.396 e. The number of Topliss-reactive ketones (excluding diaryl/α,β-unsaturated/α-hetero) is 5. The van der Waals surface area contributed by atoms with E-state index in [2.05, 4.69) is 28.2 Å². The predicted octanol–water partition coefficient (Wildman–Crippen LogP) is 5.50. The number of rotatable bonds is 47. The number of hydrogen-bond donors (Lipinski definition) is 9. The second kappa shape index (κ2) is 40.9. The Morgan fingerprint density at radius 1 is 0.506 bits per heavy atom. The van der Waals surface area contributed by atoms with Gasteiger partial charge in [-0.15, -0.1) is 0 Å². The highest BCUT2D eigenvalue weighted by atomic mass is 16.3. The molecule has 460 valence electrons. The average molecular weight is 1140 g/mol. The van der Waals surface area contributed by atoms with E-state index < -0.39 is 119 Å². The van der Waals surface area contributed by atoms with E-state index in [1.54, 1.807) is 38.1 Å². The molecule has 1 rings (SSSR count). The van der Waals surface area contributed by atoms with Crippen LogP contribution >= 0.6 is 0 Å². The van der Waals surface area contributed by atoms with E-state index in [0.717, 1.165) is 37.7 Å². The molecular weight excluding hydrogens is 1030 g/mol. The minimum absolute atomic E-state index is 0.00278. The van der Waals surface area contributed by atoms with Crippen LogP contribution in [0.15, 0.2) is 30.3 Å². The maximum atomic E-state index is 14.7. The van der Waals surface area contributed by atoms with Crippen LogP contribution in [-0.2, 0) is 54.4 Å². The lowest BCUT2D eigenvalue weighted by molar-refractivity contribution is -0.137. The van der Waals surface area contributed by atoms with Gasteiger partial charge in [0.1, 0.15) is 5.78 Å². The predicted molar refractivity (Wildman–Crippen MR) is 317 cm³/mol. The molecule has 0 heterocycles. The van der Waals surface area contributed by atoms with Gasteiger partial charge in [0.2, 0.25) is 29.5 Å². The summed E-state index contributed by atoms with van der Waals surface area (Å²) in [5, 5.41) is 21.1. The second-order valence-electron chi connectivity index (χ2n) is 23.8. The second-order valence-corrected chi connectivity index (χ2v) is 23.8. The first-order chi connectivity index (χ1) is 38.4. The zero-order valence-electron chi connectivity index (χ0n) is 50.7. The Kier molecular flexibility index (Phi) is 37.2. The van der Waals surface area contributed by atoms with E-state index >= 15 is 0 Å². The molecule has 0 aromatic heterocycles. The number of carbonyl (C=O) groups is 10. The summed E-state index contributed by atoms with van der Waals surface area (Å²) in [4.78, 5) is 138. The summed E-state index contributed by atoms with van der Waals surface area (Å²) < 4.78 is 0. The van der Waals surface area contributed by atoms with Crippen LogP contribution < -0.4 is 44.2 Å². The van der Waals surface area contributed by atoms with Crippen molar-refractivity contribution in [3.8, 4) is 0 Å². The molecule has 10 atom stereocenters. The molecule has 0 bridgehead atoms. The fourth-order valence-electron chi connectivity index (χ4n) is 10.2. The van der Waals surface area contributed by atoms with Gasteiger partial charge >= 0.3 is 0 Å². The molecule has 0 saturated heterocycles. The van der Waals surface area contributed by atoms with Crippen LogP contribution in [0.5, 0.6) is 0 Å². The first-order valence-corrected chi connectivity index (χ1v) is 30.3. The Hall–Kier alpha value is -5.24. The Balaban J connectivity index is 3.43. The molecule has 0 radical (unpaired) electrons. The smallest absolute Gasteiger partial charge is 0.224 e. The quantitative estimate of drug-likeness (QED) is 0.0364. The van der Waals surface area contributed by atoms with E-state index in [4.69, 9.17) is 22.9 Å². The molecule has 0 spiro atoms. The highest BCUT2D eigenvalue weighted by molar-refractivity contribution is 5.98. The van der Waals surface area contributed by atoms with Gasteiger partial charge in [0.15, 0.2) is 23.1 Å². The fourth-order valence-corrected chi connectivity index (χ4v) is 10.2. The first-order valence-electron chi connectivity index (χ1n) is 30.3. The van der Waals surface area contributed by atoms with Crippen molar-refractivity contribution in [1.82, 2.24) is 21.3 Å². The number of carbonyl (C=O) groups excluding carboxylic acids is 10. The Morgan fingerprint density at radius 3 is 1.52 bits per heavy atom. The lowest BCUT2D eigenvalue weighted by Gasteiger charge is -2.28. The molecule has 0 aliphatic carbocycles. The molecule has 13 N–H and O–H groups in total. The molecule has 1 aromatic rings. The number of amides is 5. The Bertz CT molecular complexity index is 2100. The third-order valence-electron chi connectivity index (χ3n) is 15.4. The zero-order valence-corrected chi connectivity index (χ0v) is 50.7. The van der Waals surface area contributed by atoms with Crippen molar-refractivity contribution in [2.45, 2.75) is 215 Å². The van der Waals surface area contributed by atoms with Crippen molar-refractivity contribution < 1.29 is 53.1 Å². The minimum Gasteiger partial charge on any atom is -0.396 e. The van der Waals surface area contributed by atoms with Crippen molar-refractivity contribution in [1.29, 1.82) is 0 Å². The third-order valence-corrected chi connectivity index (χ3v) is 15.4. The zero-order chi connectivity index (χ0) is 61.2. The van der Waals surface area contributed by atoms with Crippen molar-refractivity contribution in [3.05, 3.63) is 35.9 Å². The van der Waals surface area contributed by atoms with Gasteiger partial charge in [-0.3, -0.25) is 47.9 Å². The molecule has 0 fully saturated rings. The molecular formula is C62H106N8O11. The van der Waals surface area contributed by atoms with Gasteiger partial charge in [-0.1, -0.05) is 138 Å². The molecule has 19 nitrogen and oxygen atoms in total. The number of primary amides is 1. The number of aliphatic hydroxyl groups excluding tert-OH is 1. The van der Waals surface area contributed by atoms with Gasteiger partial charge in [0.05, 0.1) is 36.7 Å². The number of nitrogens with one attached hydrogen (secondary N) is 4. The van der Waals surface area contributed by atoms with Gasteiger partial charge in [0.25, 0.3) is 0 Å². The molecule has 0 aliphatic rings. The molecule has 0 aliphatic heterocycles. The first kappa shape index (κ1) is 73.8. The number of aliphatic hydroxyl groups is 1. The lowest BCUT2D eigenvalue weighted by Crippen LogP contribution is -2.51. The highest BCUT2D eigenvalue weighted by Crippen LogP contribution is 2.24. The molecule has 5 amide bonds. The van der Waals surface area contributed by atoms with E-state index in [0.29, 0.717) is 12.8 Å². The number of nitrogens with two attached hydrogens (primary N) is 4. The Morgan fingerprint density at radius 2 is 0.988 bits per heavy atom. The topological polar surface area (TPSA) is 343 Å². The van der Waals surface area contributed by atoms with Crippen LogP contribution in [0.25, 0.3) is 0 Å². The summed E-state index contributed by atoms with van der Waals surface area (Å²) in [7, 11) is 0. The number of benzene rings is 1. The molecule has 0 saturated carbocycles. The minimum atomic E-state index is -1.15. The normalized spacial score (nSPS) is 15.3. The summed E-state index contributed by atoms with van der Waals surface area (Å²) in [6, 6.07) is 4.73. The van der Waals surface area contributed by atoms with Crippen LogP contribution in [0, 0.1) is 53.3 Å². The maximum Gasteiger partial charge on any atom is 0.224 e. The van der Waals surface area contributed by atoms with Crippen molar-refractivity contribution in [3.63, 3.8) is 0 Å². The summed E-state index contributed by atoms with van der Waals surface area (Å²) in [5.41, 5.74) is 24.0. The SMILES string of the molecule is CCCCCCCCCC(=O)C[C@@H](CCN)C(=O)N[C@H](C(=O)C[C@@H](CCN)C(=O)N[C@H](Cc1ccccc1)C(=O)C[C@@H](CC(C)C)C(=O)N[C@@H](CCN)C(=O)C[C@@H](C(=O)N[C@@H](CC(C)C)C(=O)C[C@@H](CO)C(N)=O)C(C)C)[C@@H](C)CC. The van der Waals surface area contributed by atoms with Crippen LogP contribution in [0.2, 0.25) is 0 Å². The molecule has 0 unspecified atom stereocenters. The van der Waals surface area contributed by atoms with Gasteiger partial charge in [0, 0.05) is 62.2 Å². The van der Waals surface area contributed by atoms with E-state index in [1.165, 1.54) is 12.8 Å². The van der Waals surface area contributed by atoms with Crippen molar-refractivity contribution >= 4 is 58.5 Å². The highest BCUT2D eigenvalue weighted by Gasteiger charge is 2.37. The summed E-state index contributed by atoms with van der Waals surface area (Å²) in [6.45, 7) is 16.4. The van der Waals surface area contributed by atoms with Crippen molar-refractivity contribution in [2.24, 2.45) is 76.2 Å². The van der Waals surface area contributed by atoms with E-state index in [9.17, 15) is 53.1 Å². The third kappa shape index (κ3) is 29.0. The molecule has 19 heteroatoms. The average Bonchev–Trinajstić information content (AvgIpc) is 3.41. The number of hydrogen-bond acceptors (Lipinski definition) is 14. The molecule has 1 aromatic carbocycles. The Labute approximate surface area is 484 Å². The monoisotopic (exact) mass is 1140 g/mol. The fraction of sp³-hybridized carbons (Fsp3) is 0.742. The van der Waals surface area contributed by atoms with E-state index in [-0.39, 0.29) is 114 Å². The van der Waals surface area contributed by atoms with Gasteiger partial charge in [-0.2, -0.15) is 0 Å². The summed E-state index contributed by atoms with van der Waals surface area (Å²) >= 11 is 0. The van der Waals surface area contributed by atoms with Crippen LogP contribution in [-0.4, -0.2) is 114 Å². The molecule has 81 heavy (non-hydrogen) atoms. The maximum absolute atomic E-state index is 14.7. The van der Waals surface area contributed by atoms with Crippen LogP contribution in [0.1, 0.15) is 190 Å². The van der Waals surface area contributed by atoms with Crippen LogP contribution in [0.4, 0.5) is 0 Å². The van der Waals surface area contributed by atoms with Crippen molar-refractivity contribution in [2.75, 3.05) is 26.2 Å².